The van der Waals surface area contributed by atoms with E-state index in [4.69, 9.17) is 0 Å². The summed E-state index contributed by atoms with van der Waals surface area (Å²) in [7, 11) is -3.74. The van der Waals surface area contributed by atoms with Crippen LogP contribution in [0.15, 0.2) is 47.4 Å². The second-order valence-corrected chi connectivity index (χ2v) is 9.15. The highest BCUT2D eigenvalue weighted by Crippen LogP contribution is 2.30. The van der Waals surface area contributed by atoms with Gasteiger partial charge in [-0.05, 0) is 61.4 Å². The number of carbonyl (C=O) groups is 1. The van der Waals surface area contributed by atoms with Gasteiger partial charge in [0.15, 0.2) is 0 Å². The number of rotatable bonds is 4. The minimum Gasteiger partial charge on any atom is -0.339 e. The van der Waals surface area contributed by atoms with Gasteiger partial charge in [-0.25, -0.2) is 8.42 Å². The minimum atomic E-state index is -3.74. The molecule has 0 aromatic heterocycles. The molecule has 1 amide bonds. The Morgan fingerprint density at radius 3 is 2.54 bits per heavy atom. The molecule has 0 radical (unpaired) electrons. The van der Waals surface area contributed by atoms with Crippen molar-refractivity contribution < 1.29 is 13.2 Å². The summed E-state index contributed by atoms with van der Waals surface area (Å²) in [6.07, 6.45) is 4.86. The van der Waals surface area contributed by atoms with Crippen LogP contribution >= 0.6 is 0 Å². The summed E-state index contributed by atoms with van der Waals surface area (Å²) in [5, 5.41) is 0. The third-order valence-corrected chi connectivity index (χ3v) is 6.98. The van der Waals surface area contributed by atoms with Crippen LogP contribution in [0.1, 0.15) is 46.3 Å². The molecule has 1 heterocycles. The highest BCUT2D eigenvalue weighted by molar-refractivity contribution is 7.96. The number of sulfonamides is 1. The van der Waals surface area contributed by atoms with E-state index in [9.17, 15) is 13.2 Å². The quantitative estimate of drug-likeness (QED) is 0.851. The summed E-state index contributed by atoms with van der Waals surface area (Å²) in [4.78, 5) is 15.1. The van der Waals surface area contributed by atoms with Crippen LogP contribution in [-0.4, -0.2) is 32.3 Å². The number of nitrogens with one attached hydrogen (secondary N) is 1. The maximum absolute atomic E-state index is 13.1. The van der Waals surface area contributed by atoms with E-state index < -0.39 is 10.0 Å². The van der Waals surface area contributed by atoms with E-state index in [2.05, 4.69) is 4.72 Å². The maximum atomic E-state index is 13.1. The van der Waals surface area contributed by atoms with Crippen molar-refractivity contribution in [3.05, 3.63) is 69.6 Å². The van der Waals surface area contributed by atoms with Crippen LogP contribution < -0.4 is 4.72 Å². The lowest BCUT2D eigenvalue weighted by Gasteiger charge is -2.21. The predicted molar refractivity (Wildman–Crippen MR) is 112 cm³/mol. The minimum absolute atomic E-state index is 0.101. The Labute approximate surface area is 166 Å². The van der Waals surface area contributed by atoms with E-state index >= 15 is 0 Å². The van der Waals surface area contributed by atoms with Crippen molar-refractivity contribution in [1.82, 2.24) is 4.90 Å². The summed E-state index contributed by atoms with van der Waals surface area (Å²) in [6, 6.07) is 13.1. The average molecular weight is 397 g/mol. The second-order valence-electron chi connectivity index (χ2n) is 7.41. The number of nitrogens with zero attached hydrogens (tertiary/aromatic N) is 1. The number of likely N-dealkylation sites (tertiary alicyclic amines) is 1. The number of amides is 1. The molecule has 1 saturated heterocycles. The fourth-order valence-corrected chi connectivity index (χ4v) is 5.19. The highest BCUT2D eigenvalue weighted by Gasteiger charge is 2.27. The number of hydrogen-bond acceptors (Lipinski definition) is 3. The molecule has 0 bridgehead atoms. The van der Waals surface area contributed by atoms with Gasteiger partial charge in [0.2, 0.25) is 0 Å². The lowest BCUT2D eigenvalue weighted by atomic mass is 9.98. The van der Waals surface area contributed by atoms with Gasteiger partial charge in [0.05, 0.1) is 16.2 Å². The van der Waals surface area contributed by atoms with Crippen LogP contribution in [0.2, 0.25) is 0 Å². The zero-order chi connectivity index (χ0) is 19.7. The second kappa shape index (κ2) is 7.43. The van der Waals surface area contributed by atoms with Crippen molar-refractivity contribution in [3.63, 3.8) is 0 Å². The Bertz CT molecular complexity index is 1050. The maximum Gasteiger partial charge on any atom is 0.258 e. The highest BCUT2D eigenvalue weighted by atomic mass is 32.2. The molecule has 2 aliphatic rings. The number of anilines is 1. The molecule has 0 atom stereocenters. The molecule has 0 unspecified atom stereocenters. The third kappa shape index (κ3) is 3.56. The molecular weight excluding hydrogens is 372 g/mol. The van der Waals surface area contributed by atoms with E-state index in [1.807, 2.05) is 37.3 Å². The molecule has 28 heavy (non-hydrogen) atoms. The zero-order valence-corrected chi connectivity index (χ0v) is 16.8. The van der Waals surface area contributed by atoms with Gasteiger partial charge in [0.25, 0.3) is 15.9 Å². The standard InChI is InChI=1S/C22H24N2O3S/c1-16-7-6-10-20(21(16)22(25)24-13-4-5-14-24)23-28(26,27)19-12-11-17-8-2-3-9-18(17)15-19/h2-3,6-10,15,23H,4-5,11-14H2,1H3. The summed E-state index contributed by atoms with van der Waals surface area (Å²) in [6.45, 7) is 3.29. The first-order valence-corrected chi connectivity index (χ1v) is 11.1. The lowest BCUT2D eigenvalue weighted by molar-refractivity contribution is 0.0793. The number of fused-ring (bicyclic) bond motifs is 1. The molecule has 146 valence electrons. The molecule has 5 nitrogen and oxygen atoms in total. The summed E-state index contributed by atoms with van der Waals surface area (Å²) in [5.74, 6) is -0.101. The van der Waals surface area contributed by atoms with E-state index in [0.29, 0.717) is 29.0 Å². The van der Waals surface area contributed by atoms with E-state index in [1.165, 1.54) is 0 Å². The number of aryl methyl sites for hydroxylation is 2. The normalized spacial score (nSPS) is 16.5. The van der Waals surface area contributed by atoms with E-state index in [0.717, 1.165) is 42.6 Å². The molecule has 0 saturated carbocycles. The fraction of sp³-hybridized carbons (Fsp3) is 0.318. The molecule has 1 aliphatic heterocycles. The van der Waals surface area contributed by atoms with Crippen LogP contribution in [0, 0.1) is 6.92 Å². The van der Waals surface area contributed by atoms with Crippen LogP contribution in [0.3, 0.4) is 0 Å². The molecule has 1 N–H and O–H groups in total. The summed E-state index contributed by atoms with van der Waals surface area (Å²) in [5.41, 5.74) is 3.68. The SMILES string of the molecule is Cc1cccc(NS(=O)(=O)C2=Cc3ccccc3CC2)c1C(=O)N1CCCC1. The Balaban J connectivity index is 1.67. The Hall–Kier alpha value is -2.60. The van der Waals surface area contributed by atoms with Crippen LogP contribution in [0.4, 0.5) is 5.69 Å². The first-order chi connectivity index (χ1) is 13.5. The molecular formula is C22H24N2O3S. The third-order valence-electron chi connectivity index (χ3n) is 5.48. The smallest absolute Gasteiger partial charge is 0.258 e. The molecule has 1 aliphatic carbocycles. The van der Waals surface area contributed by atoms with Gasteiger partial charge in [0.1, 0.15) is 0 Å². The molecule has 6 heteroatoms. The first-order valence-electron chi connectivity index (χ1n) is 9.66. The molecule has 2 aromatic rings. The molecule has 4 rings (SSSR count). The van der Waals surface area contributed by atoms with Gasteiger partial charge in [-0.1, -0.05) is 36.4 Å². The predicted octanol–water partition coefficient (Wildman–Crippen LogP) is 3.96. The van der Waals surface area contributed by atoms with Gasteiger partial charge >= 0.3 is 0 Å². The van der Waals surface area contributed by atoms with Crippen molar-refractivity contribution >= 4 is 27.7 Å². The molecule has 1 fully saturated rings. The van der Waals surface area contributed by atoms with Gasteiger partial charge in [-0.15, -0.1) is 0 Å². The monoisotopic (exact) mass is 396 g/mol. The van der Waals surface area contributed by atoms with Crippen LogP contribution in [0.25, 0.3) is 6.08 Å². The number of benzene rings is 2. The van der Waals surface area contributed by atoms with Crippen LogP contribution in [0.5, 0.6) is 0 Å². The van der Waals surface area contributed by atoms with E-state index in [1.54, 1.807) is 23.1 Å². The average Bonchev–Trinajstić information content (AvgIpc) is 3.22. The van der Waals surface area contributed by atoms with Crippen LogP contribution in [-0.2, 0) is 16.4 Å². The fourth-order valence-electron chi connectivity index (χ4n) is 3.94. The largest absolute Gasteiger partial charge is 0.339 e. The number of hydrogen-bond donors (Lipinski definition) is 1. The summed E-state index contributed by atoms with van der Waals surface area (Å²) < 4.78 is 28.8. The van der Waals surface area contributed by atoms with E-state index in [-0.39, 0.29) is 5.91 Å². The first kappa shape index (κ1) is 18.7. The number of carbonyl (C=O) groups excluding carboxylic acids is 1. The lowest BCUT2D eigenvalue weighted by Crippen LogP contribution is -2.29. The van der Waals surface area contributed by atoms with Gasteiger partial charge in [-0.3, -0.25) is 9.52 Å². The Morgan fingerprint density at radius 1 is 1.00 bits per heavy atom. The number of allylic oxidation sites excluding steroid dienone is 1. The van der Waals surface area contributed by atoms with Crippen molar-refractivity contribution in [3.8, 4) is 0 Å². The van der Waals surface area contributed by atoms with Crippen molar-refractivity contribution in [2.75, 3.05) is 17.8 Å². The van der Waals surface area contributed by atoms with Gasteiger partial charge in [0, 0.05) is 13.1 Å². The van der Waals surface area contributed by atoms with Crippen molar-refractivity contribution in [1.29, 1.82) is 0 Å². The Morgan fingerprint density at radius 2 is 1.75 bits per heavy atom. The Kier molecular flexibility index (Phi) is 4.98. The zero-order valence-electron chi connectivity index (χ0n) is 15.9. The van der Waals surface area contributed by atoms with Gasteiger partial charge < -0.3 is 4.90 Å². The van der Waals surface area contributed by atoms with Gasteiger partial charge in [-0.2, -0.15) is 0 Å². The topological polar surface area (TPSA) is 66.5 Å². The van der Waals surface area contributed by atoms with Crippen molar-refractivity contribution in [2.24, 2.45) is 0 Å². The van der Waals surface area contributed by atoms with Crippen molar-refractivity contribution in [2.45, 2.75) is 32.6 Å². The summed E-state index contributed by atoms with van der Waals surface area (Å²) >= 11 is 0. The molecule has 0 spiro atoms. The molecule has 2 aromatic carbocycles.